The molecule has 1 N–H and O–H groups in total. The number of hydrogen-bond acceptors (Lipinski definition) is 0. The molecule has 0 radical (unpaired) electrons. The minimum Gasteiger partial charge on any atom is -0.354 e. The number of benzene rings is 2. The molecule has 128 valence electrons. The van der Waals surface area contributed by atoms with E-state index in [9.17, 15) is 0 Å². The molecule has 0 amide bonds. The monoisotopic (exact) mass is 385 g/mol. The Morgan fingerprint density at radius 3 is 2.58 bits per heavy atom. The lowest BCUT2D eigenvalue weighted by Gasteiger charge is -2.12. The number of fused-ring (bicyclic) bond motifs is 3. The standard InChI is InChI=1S/C22H28BrN/c1-15(2)6-4-7-16(3)10-11-17-12-13-21-19(14-17)18-8-5-9-20(23)22(18)24-21/h5,8-9,12-16,24H,4,6-7,10-11H2,1-3H3. The molecule has 0 bridgehead atoms. The predicted molar refractivity (Wildman–Crippen MR) is 110 cm³/mol. The molecule has 0 spiro atoms. The molecule has 1 unspecified atom stereocenters. The summed E-state index contributed by atoms with van der Waals surface area (Å²) in [6.45, 7) is 7.04. The van der Waals surface area contributed by atoms with E-state index >= 15 is 0 Å². The maximum atomic E-state index is 3.65. The van der Waals surface area contributed by atoms with Gasteiger partial charge in [-0.3, -0.25) is 0 Å². The van der Waals surface area contributed by atoms with Crippen LogP contribution in [-0.2, 0) is 6.42 Å². The fraction of sp³-hybridized carbons (Fsp3) is 0.455. The SMILES string of the molecule is CC(C)CCCC(C)CCc1ccc2[nH]c3c(Br)cccc3c2c1. The molecule has 0 saturated carbocycles. The smallest absolute Gasteiger partial charge is 0.0609 e. The highest BCUT2D eigenvalue weighted by molar-refractivity contribution is 9.10. The van der Waals surface area contributed by atoms with E-state index in [-0.39, 0.29) is 0 Å². The predicted octanol–water partition coefficient (Wildman–Crippen LogP) is 7.48. The minimum atomic E-state index is 0.816. The van der Waals surface area contributed by atoms with E-state index in [0.29, 0.717) is 0 Å². The van der Waals surface area contributed by atoms with Crippen LogP contribution in [0.3, 0.4) is 0 Å². The van der Waals surface area contributed by atoms with Gasteiger partial charge >= 0.3 is 0 Å². The van der Waals surface area contributed by atoms with E-state index in [1.807, 2.05) is 0 Å². The molecule has 0 aliphatic carbocycles. The van der Waals surface area contributed by atoms with Crippen LogP contribution < -0.4 is 0 Å². The van der Waals surface area contributed by atoms with Gasteiger partial charge in [0.25, 0.3) is 0 Å². The summed E-state index contributed by atoms with van der Waals surface area (Å²) in [6.07, 6.45) is 6.56. The summed E-state index contributed by atoms with van der Waals surface area (Å²) in [5.74, 6) is 1.65. The summed E-state index contributed by atoms with van der Waals surface area (Å²) >= 11 is 3.65. The molecule has 2 heteroatoms. The van der Waals surface area contributed by atoms with Gasteiger partial charge in [0, 0.05) is 20.8 Å². The molecule has 0 fully saturated rings. The van der Waals surface area contributed by atoms with Gasteiger partial charge in [-0.1, -0.05) is 58.2 Å². The maximum Gasteiger partial charge on any atom is 0.0609 e. The first-order valence-electron chi connectivity index (χ1n) is 9.23. The van der Waals surface area contributed by atoms with E-state index < -0.39 is 0 Å². The first-order chi connectivity index (χ1) is 11.5. The highest BCUT2D eigenvalue weighted by atomic mass is 79.9. The second-order valence-electron chi connectivity index (χ2n) is 7.64. The van der Waals surface area contributed by atoms with Crippen LogP contribution in [0.1, 0.15) is 52.0 Å². The zero-order valence-corrected chi connectivity index (χ0v) is 16.6. The first-order valence-corrected chi connectivity index (χ1v) is 10.0. The number of para-hydroxylation sites is 1. The maximum absolute atomic E-state index is 3.65. The van der Waals surface area contributed by atoms with E-state index in [2.05, 4.69) is 78.1 Å². The molecule has 1 nitrogen and oxygen atoms in total. The Kier molecular flexibility index (Phi) is 5.65. The first kappa shape index (κ1) is 17.5. The van der Waals surface area contributed by atoms with Crippen molar-refractivity contribution in [1.29, 1.82) is 0 Å². The van der Waals surface area contributed by atoms with Crippen LogP contribution in [-0.4, -0.2) is 4.98 Å². The number of aromatic amines is 1. The van der Waals surface area contributed by atoms with Gasteiger partial charge in [-0.05, 0) is 64.4 Å². The third-order valence-electron chi connectivity index (χ3n) is 5.05. The van der Waals surface area contributed by atoms with Gasteiger partial charge in [0.15, 0.2) is 0 Å². The molecule has 24 heavy (non-hydrogen) atoms. The lowest BCUT2D eigenvalue weighted by atomic mass is 9.94. The van der Waals surface area contributed by atoms with Crippen molar-refractivity contribution in [2.24, 2.45) is 11.8 Å². The molecule has 0 saturated heterocycles. The Bertz CT molecular complexity index is 815. The van der Waals surface area contributed by atoms with Crippen molar-refractivity contribution in [3.8, 4) is 0 Å². The molecule has 0 aliphatic heterocycles. The van der Waals surface area contributed by atoms with Gasteiger partial charge in [-0.25, -0.2) is 0 Å². The van der Waals surface area contributed by atoms with Crippen molar-refractivity contribution >= 4 is 37.7 Å². The molecule has 3 rings (SSSR count). The number of aryl methyl sites for hydroxylation is 1. The van der Waals surface area contributed by atoms with Gasteiger partial charge in [0.05, 0.1) is 5.52 Å². The summed E-state index contributed by atoms with van der Waals surface area (Å²) in [5.41, 5.74) is 3.89. The average Bonchev–Trinajstić information content (AvgIpc) is 2.92. The van der Waals surface area contributed by atoms with Crippen LogP contribution >= 0.6 is 15.9 Å². The van der Waals surface area contributed by atoms with Crippen molar-refractivity contribution in [1.82, 2.24) is 4.98 Å². The van der Waals surface area contributed by atoms with Crippen LogP contribution in [0.15, 0.2) is 40.9 Å². The molecule has 2 aromatic carbocycles. The highest BCUT2D eigenvalue weighted by Gasteiger charge is 2.09. The lowest BCUT2D eigenvalue weighted by molar-refractivity contribution is 0.437. The molecule has 1 atom stereocenters. The van der Waals surface area contributed by atoms with Crippen molar-refractivity contribution in [3.63, 3.8) is 0 Å². The molecule has 1 heterocycles. The Balaban J connectivity index is 1.69. The van der Waals surface area contributed by atoms with E-state index in [1.54, 1.807) is 0 Å². The number of aromatic nitrogens is 1. The summed E-state index contributed by atoms with van der Waals surface area (Å²) in [5, 5.41) is 2.66. The molecular formula is C22H28BrN. The Morgan fingerprint density at radius 2 is 1.79 bits per heavy atom. The Hall–Kier alpha value is -1.28. The second kappa shape index (κ2) is 7.74. The van der Waals surface area contributed by atoms with Crippen LogP contribution in [0, 0.1) is 11.8 Å². The van der Waals surface area contributed by atoms with Crippen molar-refractivity contribution < 1.29 is 0 Å². The van der Waals surface area contributed by atoms with Crippen LogP contribution in [0.4, 0.5) is 0 Å². The number of nitrogens with one attached hydrogen (secondary N) is 1. The van der Waals surface area contributed by atoms with Gasteiger partial charge in [-0.2, -0.15) is 0 Å². The summed E-state index contributed by atoms with van der Waals surface area (Å²) in [4.78, 5) is 3.53. The van der Waals surface area contributed by atoms with Crippen LogP contribution in [0.25, 0.3) is 21.8 Å². The van der Waals surface area contributed by atoms with Crippen molar-refractivity contribution in [2.45, 2.75) is 52.9 Å². The topological polar surface area (TPSA) is 15.8 Å². The lowest BCUT2D eigenvalue weighted by Crippen LogP contribution is -1.99. The van der Waals surface area contributed by atoms with E-state index in [0.717, 1.165) is 16.3 Å². The fourth-order valence-electron chi connectivity index (χ4n) is 3.52. The van der Waals surface area contributed by atoms with Crippen molar-refractivity contribution in [3.05, 3.63) is 46.4 Å². The van der Waals surface area contributed by atoms with E-state index in [1.165, 1.54) is 59.5 Å². The third-order valence-corrected chi connectivity index (χ3v) is 5.71. The number of hydrogen-bond donors (Lipinski definition) is 1. The minimum absolute atomic E-state index is 0.816. The summed E-state index contributed by atoms with van der Waals surface area (Å²) in [7, 11) is 0. The summed E-state index contributed by atoms with van der Waals surface area (Å²) < 4.78 is 1.14. The molecule has 3 aromatic rings. The molecule has 0 aliphatic rings. The highest BCUT2D eigenvalue weighted by Crippen LogP contribution is 2.31. The summed E-state index contributed by atoms with van der Waals surface area (Å²) in [6, 6.07) is 13.3. The van der Waals surface area contributed by atoms with Crippen molar-refractivity contribution in [2.75, 3.05) is 0 Å². The van der Waals surface area contributed by atoms with Gasteiger partial charge in [0.2, 0.25) is 0 Å². The van der Waals surface area contributed by atoms with E-state index in [4.69, 9.17) is 0 Å². The fourth-order valence-corrected chi connectivity index (χ4v) is 3.99. The Morgan fingerprint density at radius 1 is 0.958 bits per heavy atom. The van der Waals surface area contributed by atoms with Gasteiger partial charge in [0.1, 0.15) is 0 Å². The largest absolute Gasteiger partial charge is 0.354 e. The number of rotatable bonds is 7. The molecular weight excluding hydrogens is 358 g/mol. The normalized spacial score (nSPS) is 13.2. The van der Waals surface area contributed by atoms with Gasteiger partial charge < -0.3 is 4.98 Å². The number of halogens is 1. The Labute approximate surface area is 154 Å². The van der Waals surface area contributed by atoms with Crippen LogP contribution in [0.5, 0.6) is 0 Å². The zero-order chi connectivity index (χ0) is 17.1. The molecule has 1 aromatic heterocycles. The zero-order valence-electron chi connectivity index (χ0n) is 15.0. The average molecular weight is 386 g/mol. The van der Waals surface area contributed by atoms with Gasteiger partial charge in [-0.15, -0.1) is 0 Å². The third kappa shape index (κ3) is 4.03. The quantitative estimate of drug-likeness (QED) is 0.433. The van der Waals surface area contributed by atoms with Crippen LogP contribution in [0.2, 0.25) is 0 Å². The number of H-pyrrole nitrogens is 1. The second-order valence-corrected chi connectivity index (χ2v) is 8.49.